The topological polar surface area (TPSA) is 91.3 Å². The molecule has 0 radical (unpaired) electrons. The van der Waals surface area contributed by atoms with Gasteiger partial charge in [0.1, 0.15) is 0 Å². The summed E-state index contributed by atoms with van der Waals surface area (Å²) in [5, 5.41) is 14.4. The number of aryl methyl sites for hydroxylation is 1. The van der Waals surface area contributed by atoms with Gasteiger partial charge in [0.15, 0.2) is 0 Å². The maximum Gasteiger partial charge on any atom is 0.319 e. The lowest BCUT2D eigenvalue weighted by molar-refractivity contribution is -0.153. The van der Waals surface area contributed by atoms with Crippen molar-refractivity contribution in [1.82, 2.24) is 10.3 Å². The zero-order chi connectivity index (χ0) is 13.9. The number of hydrogen-bond donors (Lipinski definition) is 3. The molecule has 0 aliphatic heterocycles. The van der Waals surface area contributed by atoms with Gasteiger partial charge >= 0.3 is 12.0 Å². The van der Waals surface area contributed by atoms with Crippen molar-refractivity contribution >= 4 is 17.7 Å². The molecule has 1 aromatic rings. The molecule has 3 N–H and O–H groups in total. The second-order valence-corrected chi connectivity index (χ2v) is 4.88. The van der Waals surface area contributed by atoms with Crippen molar-refractivity contribution < 1.29 is 14.7 Å². The third-order valence-corrected chi connectivity index (χ3v) is 3.61. The molecule has 6 nitrogen and oxygen atoms in total. The average Bonchev–Trinajstić information content (AvgIpc) is 2.30. The van der Waals surface area contributed by atoms with E-state index in [2.05, 4.69) is 15.6 Å². The summed E-state index contributed by atoms with van der Waals surface area (Å²) in [5.41, 5.74) is 0.564. The van der Waals surface area contributed by atoms with Crippen LogP contribution in [-0.4, -0.2) is 28.6 Å². The second-order valence-electron chi connectivity index (χ2n) is 4.88. The number of aliphatic carboxylic acids is 1. The molecule has 0 saturated heterocycles. The average molecular weight is 263 g/mol. The number of carbonyl (C=O) groups is 2. The van der Waals surface area contributed by atoms with E-state index in [0.29, 0.717) is 24.2 Å². The molecule has 0 spiro atoms. The summed E-state index contributed by atoms with van der Waals surface area (Å²) in [4.78, 5) is 26.9. The molecule has 19 heavy (non-hydrogen) atoms. The number of carbonyl (C=O) groups excluding carboxylic acids is 1. The van der Waals surface area contributed by atoms with E-state index in [4.69, 9.17) is 5.11 Å². The smallest absolute Gasteiger partial charge is 0.319 e. The first kappa shape index (κ1) is 13.3. The Hall–Kier alpha value is -2.11. The van der Waals surface area contributed by atoms with E-state index in [1.807, 2.05) is 0 Å². The highest BCUT2D eigenvalue weighted by Crippen LogP contribution is 2.40. The fourth-order valence-electron chi connectivity index (χ4n) is 2.10. The first-order valence-corrected chi connectivity index (χ1v) is 6.23. The summed E-state index contributed by atoms with van der Waals surface area (Å²) < 4.78 is 0. The number of carboxylic acid groups (broad SMARTS) is 1. The fourth-order valence-corrected chi connectivity index (χ4v) is 2.10. The van der Waals surface area contributed by atoms with Gasteiger partial charge in [-0.25, -0.2) is 4.79 Å². The van der Waals surface area contributed by atoms with Crippen LogP contribution in [0.2, 0.25) is 0 Å². The molecule has 1 aliphatic carbocycles. The second kappa shape index (κ2) is 5.26. The van der Waals surface area contributed by atoms with Crippen LogP contribution in [0.15, 0.2) is 18.3 Å². The molecular weight excluding hydrogens is 246 g/mol. The van der Waals surface area contributed by atoms with E-state index in [9.17, 15) is 9.59 Å². The summed E-state index contributed by atoms with van der Waals surface area (Å²) in [6.45, 7) is 1.95. The number of pyridine rings is 1. The van der Waals surface area contributed by atoms with Crippen molar-refractivity contribution in [3.63, 3.8) is 0 Å². The predicted molar refractivity (Wildman–Crippen MR) is 69.9 cm³/mol. The van der Waals surface area contributed by atoms with Crippen molar-refractivity contribution in [2.45, 2.75) is 26.2 Å². The molecule has 1 aliphatic rings. The number of urea groups is 1. The van der Waals surface area contributed by atoms with Crippen molar-refractivity contribution in [3.8, 4) is 0 Å². The quantitative estimate of drug-likeness (QED) is 0.772. The Labute approximate surface area is 111 Å². The Morgan fingerprint density at radius 3 is 2.74 bits per heavy atom. The van der Waals surface area contributed by atoms with Gasteiger partial charge < -0.3 is 15.7 Å². The van der Waals surface area contributed by atoms with Gasteiger partial charge in [0.25, 0.3) is 0 Å². The summed E-state index contributed by atoms with van der Waals surface area (Å²) in [5.74, 6) is -0.836. The molecule has 0 atom stereocenters. The van der Waals surface area contributed by atoms with Gasteiger partial charge in [-0.05, 0) is 31.9 Å². The maximum atomic E-state index is 11.7. The zero-order valence-electron chi connectivity index (χ0n) is 10.8. The Morgan fingerprint density at radius 2 is 2.21 bits per heavy atom. The molecular formula is C13H17N3O3. The Balaban J connectivity index is 1.89. The molecule has 102 valence electrons. The van der Waals surface area contributed by atoms with Gasteiger partial charge in [0.05, 0.1) is 16.8 Å². The highest BCUT2D eigenvalue weighted by atomic mass is 16.4. The van der Waals surface area contributed by atoms with Crippen LogP contribution in [0.25, 0.3) is 0 Å². The monoisotopic (exact) mass is 263 g/mol. The van der Waals surface area contributed by atoms with Gasteiger partial charge in [-0.3, -0.25) is 9.78 Å². The highest BCUT2D eigenvalue weighted by Gasteiger charge is 2.44. The van der Waals surface area contributed by atoms with Crippen LogP contribution in [0, 0.1) is 12.3 Å². The lowest BCUT2D eigenvalue weighted by Crippen LogP contribution is -2.48. The van der Waals surface area contributed by atoms with Crippen LogP contribution in [-0.2, 0) is 4.79 Å². The van der Waals surface area contributed by atoms with Gasteiger partial charge in [0.2, 0.25) is 0 Å². The number of aromatic nitrogens is 1. The van der Waals surface area contributed by atoms with E-state index >= 15 is 0 Å². The number of hydrogen-bond acceptors (Lipinski definition) is 3. The van der Waals surface area contributed by atoms with Gasteiger partial charge in [-0.1, -0.05) is 6.42 Å². The zero-order valence-corrected chi connectivity index (χ0v) is 10.8. The van der Waals surface area contributed by atoms with Gasteiger partial charge in [-0.2, -0.15) is 0 Å². The van der Waals surface area contributed by atoms with Crippen LogP contribution < -0.4 is 10.6 Å². The predicted octanol–water partition coefficient (Wildman–Crippen LogP) is 1.77. The highest BCUT2D eigenvalue weighted by molar-refractivity contribution is 5.90. The Bertz CT molecular complexity index is 498. The molecule has 1 heterocycles. The van der Waals surface area contributed by atoms with Crippen LogP contribution in [0.5, 0.6) is 0 Å². The van der Waals surface area contributed by atoms with Gasteiger partial charge in [0, 0.05) is 12.7 Å². The first-order valence-electron chi connectivity index (χ1n) is 6.23. The Morgan fingerprint density at radius 1 is 1.47 bits per heavy atom. The summed E-state index contributed by atoms with van der Waals surface area (Å²) in [6, 6.07) is 3.08. The summed E-state index contributed by atoms with van der Waals surface area (Å²) in [6.07, 6.45) is 3.78. The molecule has 6 heteroatoms. The molecule has 0 aromatic carbocycles. The summed E-state index contributed by atoms with van der Waals surface area (Å²) >= 11 is 0. The van der Waals surface area contributed by atoms with Crippen LogP contribution in [0.4, 0.5) is 10.5 Å². The number of carboxylic acids is 1. The van der Waals surface area contributed by atoms with Crippen molar-refractivity contribution in [2.75, 3.05) is 11.9 Å². The number of amides is 2. The number of nitrogens with zero attached hydrogens (tertiary/aromatic N) is 1. The van der Waals surface area contributed by atoms with Crippen molar-refractivity contribution in [1.29, 1.82) is 0 Å². The van der Waals surface area contributed by atoms with E-state index in [0.717, 1.165) is 6.42 Å². The molecule has 1 saturated carbocycles. The van der Waals surface area contributed by atoms with Crippen molar-refractivity contribution in [2.24, 2.45) is 5.41 Å². The minimum atomic E-state index is -0.836. The molecule has 2 amide bonds. The normalized spacial score (nSPS) is 16.3. The third kappa shape index (κ3) is 2.83. The number of nitrogens with one attached hydrogen (secondary N) is 2. The Kier molecular flexibility index (Phi) is 3.69. The summed E-state index contributed by atoms with van der Waals surface area (Å²) in [7, 11) is 0. The molecule has 2 rings (SSSR count). The lowest BCUT2D eigenvalue weighted by Gasteiger charge is -2.37. The molecule has 0 unspecified atom stereocenters. The van der Waals surface area contributed by atoms with Gasteiger partial charge in [-0.15, -0.1) is 0 Å². The minimum absolute atomic E-state index is 0.160. The SMILES string of the molecule is Cc1ncccc1NC(=O)NCC1(C(=O)O)CCC1. The maximum absolute atomic E-state index is 11.7. The lowest BCUT2D eigenvalue weighted by atomic mass is 9.69. The molecule has 0 bridgehead atoms. The molecule has 1 fully saturated rings. The van der Waals surface area contributed by atoms with E-state index in [1.54, 1.807) is 25.3 Å². The number of rotatable bonds is 4. The third-order valence-electron chi connectivity index (χ3n) is 3.61. The largest absolute Gasteiger partial charge is 0.481 e. The van der Waals surface area contributed by atoms with E-state index < -0.39 is 17.4 Å². The van der Waals surface area contributed by atoms with Crippen LogP contribution in [0.3, 0.4) is 0 Å². The molecule has 1 aromatic heterocycles. The first-order chi connectivity index (χ1) is 9.03. The fraction of sp³-hybridized carbons (Fsp3) is 0.462. The van der Waals surface area contributed by atoms with Crippen LogP contribution in [0.1, 0.15) is 25.0 Å². The van der Waals surface area contributed by atoms with E-state index in [1.165, 1.54) is 0 Å². The standard InChI is InChI=1S/C13H17N3O3/c1-9-10(4-2-7-14-9)16-12(19)15-8-13(11(17)18)5-3-6-13/h2,4,7H,3,5-6,8H2,1H3,(H,17,18)(H2,15,16,19). The minimum Gasteiger partial charge on any atom is -0.481 e. The number of anilines is 1. The van der Waals surface area contributed by atoms with Crippen LogP contribution >= 0.6 is 0 Å². The van der Waals surface area contributed by atoms with E-state index in [-0.39, 0.29) is 6.54 Å². The van der Waals surface area contributed by atoms with Crippen molar-refractivity contribution in [3.05, 3.63) is 24.0 Å².